The van der Waals surface area contributed by atoms with Gasteiger partial charge in [-0.15, -0.1) is 11.3 Å². The van der Waals surface area contributed by atoms with E-state index in [9.17, 15) is 4.79 Å². The third kappa shape index (κ3) is 5.86. The Morgan fingerprint density at radius 3 is 2.49 bits per heavy atom. The predicted octanol–water partition coefficient (Wildman–Crippen LogP) is 6.18. The predicted molar refractivity (Wildman–Crippen MR) is 153 cm³/mol. The first-order valence-corrected chi connectivity index (χ1v) is 13.8. The first kappa shape index (κ1) is 25.4. The van der Waals surface area contributed by atoms with Gasteiger partial charge in [-0.25, -0.2) is 9.97 Å². The number of benzene rings is 2. The summed E-state index contributed by atoms with van der Waals surface area (Å²) >= 11 is 7.42. The number of carbonyl (C=O) groups is 1. The van der Waals surface area contributed by atoms with Crippen LogP contribution in [0.2, 0.25) is 5.02 Å². The fraction of sp³-hybridized carbons (Fsp3) is 0.357. The van der Waals surface area contributed by atoms with Gasteiger partial charge >= 0.3 is 0 Å². The first-order valence-electron chi connectivity index (χ1n) is 12.6. The van der Waals surface area contributed by atoms with Gasteiger partial charge in [0.25, 0.3) is 5.91 Å². The second-order valence-electron chi connectivity index (χ2n) is 9.79. The van der Waals surface area contributed by atoms with E-state index in [0.717, 1.165) is 58.7 Å². The molecule has 2 aromatic carbocycles. The highest BCUT2D eigenvalue weighted by Crippen LogP contribution is 2.30. The van der Waals surface area contributed by atoms with Crippen LogP contribution in [-0.2, 0) is 0 Å². The molecule has 0 aliphatic heterocycles. The van der Waals surface area contributed by atoms with E-state index in [0.29, 0.717) is 34.4 Å². The van der Waals surface area contributed by atoms with E-state index in [2.05, 4.69) is 21.7 Å². The van der Waals surface area contributed by atoms with E-state index >= 15 is 0 Å². The van der Waals surface area contributed by atoms with Gasteiger partial charge < -0.3 is 15.5 Å². The van der Waals surface area contributed by atoms with Crippen molar-refractivity contribution in [3.8, 4) is 10.6 Å². The van der Waals surface area contributed by atoms with Crippen molar-refractivity contribution < 1.29 is 4.79 Å². The second-order valence-corrected chi connectivity index (χ2v) is 11.2. The molecule has 1 fully saturated rings. The van der Waals surface area contributed by atoms with Crippen molar-refractivity contribution in [2.75, 3.05) is 30.9 Å². The average molecular weight is 535 g/mol. The number of hydrogen-bond acceptors (Lipinski definition) is 7. The lowest BCUT2D eigenvalue weighted by Crippen LogP contribution is -2.34. The number of rotatable bonds is 7. The number of para-hydroxylation sites is 1. The molecule has 192 valence electrons. The summed E-state index contributed by atoms with van der Waals surface area (Å²) in [7, 11) is 4.01. The van der Waals surface area contributed by atoms with Gasteiger partial charge in [0, 0.05) is 42.7 Å². The molecule has 7 nitrogen and oxygen atoms in total. The van der Waals surface area contributed by atoms with Gasteiger partial charge in [0.15, 0.2) is 0 Å². The third-order valence-electron chi connectivity index (χ3n) is 6.83. The first-order chi connectivity index (χ1) is 17.9. The zero-order chi connectivity index (χ0) is 25.9. The Kier molecular flexibility index (Phi) is 7.58. The number of nitrogens with one attached hydrogen (secondary N) is 2. The minimum atomic E-state index is -0.0451. The normalized spacial score (nSPS) is 17.5. The summed E-state index contributed by atoms with van der Waals surface area (Å²) < 4.78 is 0. The van der Waals surface area contributed by atoms with E-state index in [1.807, 2.05) is 68.4 Å². The smallest absolute Gasteiger partial charge is 0.263 e. The van der Waals surface area contributed by atoms with E-state index in [1.165, 1.54) is 11.3 Å². The van der Waals surface area contributed by atoms with Gasteiger partial charge in [0.1, 0.15) is 15.7 Å². The van der Waals surface area contributed by atoms with Crippen LogP contribution in [0.3, 0.4) is 0 Å². The summed E-state index contributed by atoms with van der Waals surface area (Å²) in [4.78, 5) is 29.7. The Morgan fingerprint density at radius 1 is 1.03 bits per heavy atom. The average Bonchev–Trinajstić information content (AvgIpc) is 3.29. The van der Waals surface area contributed by atoms with Gasteiger partial charge in [-0.3, -0.25) is 4.79 Å². The zero-order valence-corrected chi connectivity index (χ0v) is 22.9. The van der Waals surface area contributed by atoms with E-state index in [1.54, 1.807) is 0 Å². The molecule has 4 aromatic rings. The van der Waals surface area contributed by atoms with Crippen LogP contribution in [0.1, 0.15) is 41.0 Å². The number of thiazole rings is 1. The van der Waals surface area contributed by atoms with Crippen LogP contribution in [0.4, 0.5) is 11.8 Å². The van der Waals surface area contributed by atoms with Gasteiger partial charge in [0.05, 0.1) is 11.2 Å². The Balaban J connectivity index is 1.15. The highest BCUT2D eigenvalue weighted by atomic mass is 35.5. The molecule has 0 bridgehead atoms. The number of fused-ring (bicyclic) bond motifs is 1. The molecule has 0 saturated heterocycles. The lowest BCUT2D eigenvalue weighted by Gasteiger charge is -2.29. The molecule has 1 amide bonds. The van der Waals surface area contributed by atoms with Crippen molar-refractivity contribution in [3.63, 3.8) is 0 Å². The van der Waals surface area contributed by atoms with Crippen LogP contribution in [0.25, 0.3) is 21.5 Å². The number of amides is 1. The maximum atomic E-state index is 12.9. The van der Waals surface area contributed by atoms with Gasteiger partial charge in [-0.2, -0.15) is 4.98 Å². The van der Waals surface area contributed by atoms with Crippen LogP contribution < -0.4 is 15.5 Å². The van der Waals surface area contributed by atoms with Crippen molar-refractivity contribution in [2.45, 2.75) is 38.6 Å². The largest absolute Gasteiger partial charge is 0.362 e. The van der Waals surface area contributed by atoms with Crippen LogP contribution in [0.5, 0.6) is 0 Å². The summed E-state index contributed by atoms with van der Waals surface area (Å²) in [5.74, 6) is 2.01. The maximum absolute atomic E-state index is 12.9. The van der Waals surface area contributed by atoms with Crippen molar-refractivity contribution in [1.82, 2.24) is 20.3 Å². The quantitative estimate of drug-likeness (QED) is 0.294. The molecule has 0 atom stereocenters. The summed E-state index contributed by atoms with van der Waals surface area (Å²) in [6, 6.07) is 16.0. The lowest BCUT2D eigenvalue weighted by atomic mass is 9.86. The number of aromatic nitrogens is 3. The van der Waals surface area contributed by atoms with Crippen LogP contribution in [0.15, 0.2) is 48.5 Å². The molecule has 0 radical (unpaired) electrons. The van der Waals surface area contributed by atoms with Crippen LogP contribution in [0, 0.1) is 12.8 Å². The number of anilines is 2. The highest BCUT2D eigenvalue weighted by Gasteiger charge is 2.24. The van der Waals surface area contributed by atoms with Crippen LogP contribution >= 0.6 is 22.9 Å². The Hall–Kier alpha value is -3.23. The minimum absolute atomic E-state index is 0.0451. The zero-order valence-electron chi connectivity index (χ0n) is 21.3. The summed E-state index contributed by atoms with van der Waals surface area (Å²) in [6.45, 7) is 2.56. The van der Waals surface area contributed by atoms with E-state index in [4.69, 9.17) is 21.6 Å². The van der Waals surface area contributed by atoms with E-state index in [-0.39, 0.29) is 5.91 Å². The molecule has 1 aliphatic rings. The minimum Gasteiger partial charge on any atom is -0.362 e. The molecule has 1 saturated carbocycles. The number of nitrogens with zero attached hydrogens (tertiary/aromatic N) is 4. The number of halogens is 1. The van der Waals surface area contributed by atoms with Crippen molar-refractivity contribution in [3.05, 3.63) is 64.1 Å². The fourth-order valence-corrected chi connectivity index (χ4v) is 5.91. The summed E-state index contributed by atoms with van der Waals surface area (Å²) in [5, 5.41) is 9.27. The molecule has 2 aromatic heterocycles. The molecule has 0 spiro atoms. The molecule has 0 unspecified atom stereocenters. The number of hydrogen-bond donors (Lipinski definition) is 2. The Bertz CT molecular complexity index is 1400. The molecular weight excluding hydrogens is 504 g/mol. The van der Waals surface area contributed by atoms with Gasteiger partial charge in [0.2, 0.25) is 5.95 Å². The second kappa shape index (κ2) is 11.0. The van der Waals surface area contributed by atoms with Gasteiger partial charge in [-0.05, 0) is 62.8 Å². The standard InChI is InChI=1S/C28H31ClN6OS/c1-17-24(37-27(31-17)19-10-12-20(29)13-11-19)26(36)30-16-18-8-14-21(15-9-18)32-28-33-23-7-5-4-6-22(23)25(34-28)35(2)3/h4-7,10-13,18,21H,8-9,14-16H2,1-3H3,(H,30,36)(H,32,33,34)/t18-,21+. The molecule has 9 heteroatoms. The maximum Gasteiger partial charge on any atom is 0.263 e. The summed E-state index contributed by atoms with van der Waals surface area (Å²) in [5.41, 5.74) is 2.67. The highest BCUT2D eigenvalue weighted by molar-refractivity contribution is 7.17. The molecule has 1 aliphatic carbocycles. The Morgan fingerprint density at radius 2 is 1.76 bits per heavy atom. The number of carbonyl (C=O) groups excluding carboxylic acids is 1. The van der Waals surface area contributed by atoms with Crippen LogP contribution in [-0.4, -0.2) is 47.5 Å². The summed E-state index contributed by atoms with van der Waals surface area (Å²) in [6.07, 6.45) is 4.14. The van der Waals surface area contributed by atoms with E-state index < -0.39 is 0 Å². The lowest BCUT2D eigenvalue weighted by molar-refractivity contribution is 0.0946. The monoisotopic (exact) mass is 534 g/mol. The fourth-order valence-electron chi connectivity index (χ4n) is 4.80. The topological polar surface area (TPSA) is 83.0 Å². The van der Waals surface area contributed by atoms with Crippen molar-refractivity contribution in [2.24, 2.45) is 5.92 Å². The SMILES string of the molecule is Cc1nc(-c2ccc(Cl)cc2)sc1C(=O)NC[C@H]1CC[C@@H](Nc2nc(N(C)C)c3ccccc3n2)CC1. The molecular formula is C28H31ClN6OS. The third-order valence-corrected chi connectivity index (χ3v) is 8.29. The molecule has 5 rings (SSSR count). The Labute approximate surface area is 226 Å². The van der Waals surface area contributed by atoms with Gasteiger partial charge in [-0.1, -0.05) is 35.9 Å². The molecule has 2 N–H and O–H groups in total. The molecule has 37 heavy (non-hydrogen) atoms. The molecule has 2 heterocycles. The van der Waals surface area contributed by atoms with Crippen molar-refractivity contribution >= 4 is 51.5 Å². The number of aryl methyl sites for hydroxylation is 1. The van der Waals surface area contributed by atoms with Crippen molar-refractivity contribution in [1.29, 1.82) is 0 Å².